The molecule has 8 heteroatoms. The topological polar surface area (TPSA) is 95.1 Å². The lowest BCUT2D eigenvalue weighted by Crippen LogP contribution is -2.13. The molecule has 0 aliphatic heterocycles. The summed E-state index contributed by atoms with van der Waals surface area (Å²) in [5.74, 6) is 0.160. The Balaban J connectivity index is 2.32. The molecule has 0 atom stereocenters. The van der Waals surface area contributed by atoms with Crippen molar-refractivity contribution in [3.05, 3.63) is 57.0 Å². The maximum atomic E-state index is 12.4. The number of carbonyl (C=O) groups is 1. The van der Waals surface area contributed by atoms with Crippen LogP contribution >= 0.6 is 27.5 Å². The van der Waals surface area contributed by atoms with Crippen LogP contribution in [0, 0.1) is 22.7 Å². The highest BCUT2D eigenvalue weighted by molar-refractivity contribution is 9.10. The molecule has 0 unspecified atom stereocenters. The SMILES string of the molecule is COc1cc(/C=C(\C#N)C(=O)Nc2cccc(Cl)c2)c(Br)cc1OCC#N. The number of amides is 1. The third-order valence-corrected chi connectivity index (χ3v) is 4.24. The number of hydrogen-bond acceptors (Lipinski definition) is 5. The number of rotatable bonds is 6. The Morgan fingerprint density at radius 1 is 1.30 bits per heavy atom. The van der Waals surface area contributed by atoms with Gasteiger partial charge in [0.15, 0.2) is 18.1 Å². The average Bonchev–Trinajstić information content (AvgIpc) is 2.65. The van der Waals surface area contributed by atoms with E-state index >= 15 is 0 Å². The van der Waals surface area contributed by atoms with Gasteiger partial charge in [0.1, 0.15) is 17.7 Å². The minimum absolute atomic E-state index is 0.108. The first-order valence-corrected chi connectivity index (χ1v) is 8.71. The van der Waals surface area contributed by atoms with Gasteiger partial charge in [-0.25, -0.2) is 0 Å². The van der Waals surface area contributed by atoms with Crippen molar-refractivity contribution in [1.29, 1.82) is 10.5 Å². The van der Waals surface area contributed by atoms with Gasteiger partial charge in [0.25, 0.3) is 5.91 Å². The van der Waals surface area contributed by atoms with Gasteiger partial charge in [0.2, 0.25) is 0 Å². The van der Waals surface area contributed by atoms with Gasteiger partial charge in [-0.2, -0.15) is 10.5 Å². The van der Waals surface area contributed by atoms with Gasteiger partial charge in [-0.3, -0.25) is 4.79 Å². The maximum absolute atomic E-state index is 12.4. The van der Waals surface area contributed by atoms with Gasteiger partial charge in [-0.1, -0.05) is 33.6 Å². The van der Waals surface area contributed by atoms with Crippen molar-refractivity contribution in [1.82, 2.24) is 0 Å². The van der Waals surface area contributed by atoms with Crippen LogP contribution in [0.3, 0.4) is 0 Å². The summed E-state index contributed by atoms with van der Waals surface area (Å²) in [6, 6.07) is 13.6. The molecule has 0 saturated carbocycles. The molecule has 0 saturated heterocycles. The molecular formula is C19H13BrClN3O3. The average molecular weight is 447 g/mol. The zero-order valence-electron chi connectivity index (χ0n) is 14.1. The van der Waals surface area contributed by atoms with Gasteiger partial charge in [-0.05, 0) is 42.0 Å². The van der Waals surface area contributed by atoms with Crippen LogP contribution in [-0.4, -0.2) is 19.6 Å². The van der Waals surface area contributed by atoms with Crippen molar-refractivity contribution in [3.8, 4) is 23.6 Å². The van der Waals surface area contributed by atoms with Crippen molar-refractivity contribution in [2.45, 2.75) is 0 Å². The second-order valence-electron chi connectivity index (χ2n) is 5.11. The summed E-state index contributed by atoms with van der Waals surface area (Å²) < 4.78 is 11.1. The van der Waals surface area contributed by atoms with Crippen molar-refractivity contribution >= 4 is 45.2 Å². The molecule has 2 aromatic carbocycles. The molecule has 0 aromatic heterocycles. The molecule has 0 spiro atoms. The molecular weight excluding hydrogens is 434 g/mol. The molecule has 0 fully saturated rings. The van der Waals surface area contributed by atoms with Gasteiger partial charge in [0, 0.05) is 15.2 Å². The maximum Gasteiger partial charge on any atom is 0.266 e. The van der Waals surface area contributed by atoms with Crippen molar-refractivity contribution in [3.63, 3.8) is 0 Å². The fourth-order valence-corrected chi connectivity index (χ4v) is 2.74. The summed E-state index contributed by atoms with van der Waals surface area (Å²) in [6.45, 7) is -0.135. The molecule has 0 aliphatic rings. The number of halogens is 2. The molecule has 2 rings (SSSR count). The van der Waals surface area contributed by atoms with Crippen LogP contribution in [-0.2, 0) is 4.79 Å². The van der Waals surface area contributed by atoms with E-state index in [4.69, 9.17) is 26.3 Å². The smallest absolute Gasteiger partial charge is 0.266 e. The van der Waals surface area contributed by atoms with Crippen molar-refractivity contribution in [2.24, 2.45) is 0 Å². The molecule has 27 heavy (non-hydrogen) atoms. The van der Waals surface area contributed by atoms with E-state index in [1.807, 2.05) is 12.1 Å². The zero-order chi connectivity index (χ0) is 19.8. The van der Waals surface area contributed by atoms with Crippen LogP contribution in [0.4, 0.5) is 5.69 Å². The van der Waals surface area contributed by atoms with Crippen LogP contribution < -0.4 is 14.8 Å². The Morgan fingerprint density at radius 3 is 2.70 bits per heavy atom. The molecule has 1 N–H and O–H groups in total. The number of nitriles is 2. The highest BCUT2D eigenvalue weighted by Gasteiger charge is 2.14. The lowest BCUT2D eigenvalue weighted by molar-refractivity contribution is -0.112. The Hall–Kier alpha value is -3.00. The summed E-state index contributed by atoms with van der Waals surface area (Å²) in [7, 11) is 1.45. The fourth-order valence-electron chi connectivity index (χ4n) is 2.11. The third kappa shape index (κ3) is 5.49. The summed E-state index contributed by atoms with van der Waals surface area (Å²) in [5, 5.41) is 21.1. The van der Waals surface area contributed by atoms with E-state index < -0.39 is 5.91 Å². The van der Waals surface area contributed by atoms with E-state index in [0.717, 1.165) is 0 Å². The molecule has 1 amide bonds. The van der Waals surface area contributed by atoms with Crippen LogP contribution in [0.15, 0.2) is 46.4 Å². The molecule has 6 nitrogen and oxygen atoms in total. The van der Waals surface area contributed by atoms with E-state index in [-0.39, 0.29) is 12.2 Å². The van der Waals surface area contributed by atoms with Gasteiger partial charge in [0.05, 0.1) is 7.11 Å². The fraction of sp³-hybridized carbons (Fsp3) is 0.105. The lowest BCUT2D eigenvalue weighted by atomic mass is 10.1. The minimum atomic E-state index is -0.574. The van der Waals surface area contributed by atoms with Crippen LogP contribution in [0.25, 0.3) is 6.08 Å². The number of nitrogens with zero attached hydrogens (tertiary/aromatic N) is 2. The second-order valence-corrected chi connectivity index (χ2v) is 6.40. The number of nitrogens with one attached hydrogen (secondary N) is 1. The van der Waals surface area contributed by atoms with Gasteiger partial charge >= 0.3 is 0 Å². The van der Waals surface area contributed by atoms with E-state index in [9.17, 15) is 10.1 Å². The quantitative estimate of drug-likeness (QED) is 0.518. The molecule has 0 heterocycles. The predicted octanol–water partition coefficient (Wildman–Crippen LogP) is 4.56. The van der Waals surface area contributed by atoms with Crippen molar-refractivity contribution < 1.29 is 14.3 Å². The Bertz CT molecular complexity index is 977. The number of methoxy groups -OCH3 is 1. The second kappa shape index (κ2) is 9.63. The number of anilines is 1. The summed E-state index contributed by atoms with van der Waals surface area (Å²) >= 11 is 9.26. The van der Waals surface area contributed by atoms with Crippen LogP contribution in [0.2, 0.25) is 5.02 Å². The molecule has 0 aliphatic carbocycles. The Morgan fingerprint density at radius 2 is 2.07 bits per heavy atom. The number of hydrogen-bond donors (Lipinski definition) is 1. The highest BCUT2D eigenvalue weighted by atomic mass is 79.9. The summed E-state index contributed by atoms with van der Waals surface area (Å²) in [6.07, 6.45) is 1.42. The summed E-state index contributed by atoms with van der Waals surface area (Å²) in [4.78, 5) is 12.4. The van der Waals surface area contributed by atoms with E-state index in [1.165, 1.54) is 13.2 Å². The third-order valence-electron chi connectivity index (χ3n) is 3.32. The van der Waals surface area contributed by atoms with Crippen LogP contribution in [0.5, 0.6) is 11.5 Å². The Kier molecular flexibility index (Phi) is 7.25. The molecule has 2 aromatic rings. The van der Waals surface area contributed by atoms with E-state index in [0.29, 0.717) is 32.2 Å². The Labute approximate surface area is 169 Å². The van der Waals surface area contributed by atoms with Gasteiger partial charge < -0.3 is 14.8 Å². The van der Waals surface area contributed by atoms with Crippen molar-refractivity contribution in [2.75, 3.05) is 19.0 Å². The normalized spacial score (nSPS) is 10.5. The number of ether oxygens (including phenoxy) is 2. The zero-order valence-corrected chi connectivity index (χ0v) is 16.5. The molecule has 0 bridgehead atoms. The standard InChI is InChI=1S/C19H13BrClN3O3/c1-26-17-8-12(16(20)10-18(17)27-6-5-22)7-13(11-23)19(25)24-15-4-2-3-14(21)9-15/h2-4,7-10H,6H2,1H3,(H,24,25)/b13-7+. The molecule has 136 valence electrons. The highest BCUT2D eigenvalue weighted by Crippen LogP contribution is 2.34. The van der Waals surface area contributed by atoms with Gasteiger partial charge in [-0.15, -0.1) is 0 Å². The van der Waals surface area contributed by atoms with E-state index in [1.54, 1.807) is 36.4 Å². The van der Waals surface area contributed by atoms with Crippen LogP contribution in [0.1, 0.15) is 5.56 Å². The largest absolute Gasteiger partial charge is 0.493 e. The van der Waals surface area contributed by atoms with E-state index in [2.05, 4.69) is 21.2 Å². The monoisotopic (exact) mass is 445 g/mol. The summed E-state index contributed by atoms with van der Waals surface area (Å²) in [5.41, 5.74) is 0.905. The first-order valence-electron chi connectivity index (χ1n) is 7.54. The first-order chi connectivity index (χ1) is 13.0. The predicted molar refractivity (Wildman–Crippen MR) is 105 cm³/mol. The number of benzene rings is 2. The minimum Gasteiger partial charge on any atom is -0.493 e. The lowest BCUT2D eigenvalue weighted by Gasteiger charge is -2.11. The number of carbonyl (C=O) groups excluding carboxylic acids is 1. The molecule has 0 radical (unpaired) electrons. The first kappa shape index (κ1) is 20.3.